The minimum atomic E-state index is -2.81. The van der Waals surface area contributed by atoms with Crippen LogP contribution in [0.15, 0.2) is 30.3 Å². The molecule has 1 aromatic heterocycles. The van der Waals surface area contributed by atoms with Crippen molar-refractivity contribution in [3.63, 3.8) is 0 Å². The third kappa shape index (κ3) is 2.05. The van der Waals surface area contributed by atoms with Gasteiger partial charge in [-0.2, -0.15) is 10.2 Å². The fourth-order valence-corrected chi connectivity index (χ4v) is 5.52. The van der Waals surface area contributed by atoms with Crippen molar-refractivity contribution in [1.82, 2.24) is 15.1 Å². The molecule has 3 aliphatic rings. The second-order valence-electron chi connectivity index (χ2n) is 8.75. The van der Waals surface area contributed by atoms with Crippen LogP contribution < -0.4 is 0 Å². The van der Waals surface area contributed by atoms with Crippen LogP contribution >= 0.6 is 0 Å². The van der Waals surface area contributed by atoms with E-state index in [1.54, 1.807) is 18.2 Å². The summed E-state index contributed by atoms with van der Waals surface area (Å²) >= 11 is 0. The molecule has 28 heavy (non-hydrogen) atoms. The van der Waals surface area contributed by atoms with Gasteiger partial charge in [0.2, 0.25) is 5.91 Å². The van der Waals surface area contributed by atoms with Gasteiger partial charge in [0.1, 0.15) is 5.82 Å². The summed E-state index contributed by atoms with van der Waals surface area (Å²) in [7, 11) is 0. The first-order valence-electron chi connectivity index (χ1n) is 9.48. The van der Waals surface area contributed by atoms with Gasteiger partial charge in [0.25, 0.3) is 5.92 Å². The quantitative estimate of drug-likeness (QED) is 0.785. The molecule has 2 aromatic rings. The summed E-state index contributed by atoms with van der Waals surface area (Å²) < 4.78 is 41.0. The Morgan fingerprint density at radius 3 is 2.57 bits per heavy atom. The maximum atomic E-state index is 14.2. The number of likely N-dealkylation sites (tertiary alicyclic amines) is 1. The van der Waals surface area contributed by atoms with Crippen LogP contribution in [0, 0.1) is 11.2 Å². The molecule has 0 radical (unpaired) electrons. The Morgan fingerprint density at radius 2 is 1.89 bits per heavy atom. The molecule has 7 heteroatoms. The summed E-state index contributed by atoms with van der Waals surface area (Å²) in [5.74, 6) is -3.41. The topological polar surface area (TPSA) is 46.1 Å². The second-order valence-corrected chi connectivity index (χ2v) is 8.75. The van der Waals surface area contributed by atoms with Crippen molar-refractivity contribution in [2.75, 3.05) is 13.1 Å². The van der Waals surface area contributed by atoms with Crippen LogP contribution in [0.3, 0.4) is 0 Å². The minimum Gasteiger partial charge on any atom is -0.330 e. The van der Waals surface area contributed by atoms with Gasteiger partial charge in [-0.3, -0.25) is 4.79 Å². The van der Waals surface area contributed by atoms with Gasteiger partial charge in [0, 0.05) is 5.56 Å². The van der Waals surface area contributed by atoms with Crippen LogP contribution in [0.1, 0.15) is 43.9 Å². The average Bonchev–Trinajstić information content (AvgIpc) is 3.01. The summed E-state index contributed by atoms with van der Waals surface area (Å²) in [6.45, 7) is 2.94. The predicted molar refractivity (Wildman–Crippen MR) is 96.4 cm³/mol. The van der Waals surface area contributed by atoms with E-state index in [2.05, 4.69) is 10.2 Å². The van der Waals surface area contributed by atoms with E-state index in [1.165, 1.54) is 11.0 Å². The lowest BCUT2D eigenvalue weighted by Crippen LogP contribution is -2.64. The first-order chi connectivity index (χ1) is 13.2. The summed E-state index contributed by atoms with van der Waals surface area (Å²) in [5, 5.41) is 8.59. The Bertz CT molecular complexity index is 998. The molecule has 2 heterocycles. The van der Waals surface area contributed by atoms with Crippen molar-refractivity contribution < 1.29 is 18.0 Å². The number of carbonyl (C=O) groups is 1. The molecule has 2 fully saturated rings. The molecule has 146 valence electrons. The maximum Gasteiger partial charge on any atom is 0.282 e. The molecule has 4 nitrogen and oxygen atoms in total. The fraction of sp³-hybridized carbons (Fsp3) is 0.476. The highest BCUT2D eigenvalue weighted by atomic mass is 19.3. The molecule has 5 rings (SSSR count). The van der Waals surface area contributed by atoms with E-state index in [0.29, 0.717) is 23.4 Å². The van der Waals surface area contributed by atoms with Gasteiger partial charge in [0.15, 0.2) is 0 Å². The van der Waals surface area contributed by atoms with E-state index in [4.69, 9.17) is 0 Å². The number of benzene rings is 1. The van der Waals surface area contributed by atoms with Gasteiger partial charge in [-0.25, -0.2) is 13.2 Å². The molecular weight excluding hydrogens is 367 g/mol. The first kappa shape index (κ1) is 17.6. The predicted octanol–water partition coefficient (Wildman–Crippen LogP) is 3.92. The second kappa shape index (κ2) is 5.33. The van der Waals surface area contributed by atoms with Crippen LogP contribution in [-0.4, -0.2) is 40.0 Å². The van der Waals surface area contributed by atoms with Gasteiger partial charge in [-0.05, 0) is 47.9 Å². The van der Waals surface area contributed by atoms with Crippen molar-refractivity contribution in [3.8, 4) is 11.3 Å². The lowest BCUT2D eigenvalue weighted by Gasteiger charge is -2.46. The Kier molecular flexibility index (Phi) is 3.36. The lowest BCUT2D eigenvalue weighted by atomic mass is 9.67. The van der Waals surface area contributed by atoms with Crippen molar-refractivity contribution in [1.29, 1.82) is 0 Å². The number of rotatable bonds is 2. The lowest BCUT2D eigenvalue weighted by molar-refractivity contribution is -0.174. The molecule has 1 saturated heterocycles. The summed E-state index contributed by atoms with van der Waals surface area (Å²) in [6.07, 6.45) is 1.35. The smallest absolute Gasteiger partial charge is 0.282 e. The molecule has 1 saturated carbocycles. The number of carbonyl (C=O) groups excluding carboxylic acids is 1. The number of aromatic nitrogens is 2. The van der Waals surface area contributed by atoms with Gasteiger partial charge >= 0.3 is 0 Å². The van der Waals surface area contributed by atoms with E-state index >= 15 is 0 Å². The third-order valence-corrected chi connectivity index (χ3v) is 7.03. The van der Waals surface area contributed by atoms with E-state index in [0.717, 1.165) is 12.0 Å². The number of amides is 1. The standard InChI is InChI=1S/C21H20F3N3O/c1-19(2)14-7-8-21(19,18(28)27-10-20(23,24)11-27)17-13(14)9-16(25-26-17)12-5-3-4-6-15(12)22/h3-6,9,14H,7-8,10-11H2,1-2H3/t14?,21-/m0/s1. The van der Waals surface area contributed by atoms with Crippen molar-refractivity contribution in [2.45, 2.75) is 43.9 Å². The SMILES string of the molecule is CC1(C)C2CC[C@@]1(C(=O)N1CC(F)(F)C1)c1nnc(-c3ccccc3F)cc12. The molecule has 1 unspecified atom stereocenters. The molecule has 1 aliphatic heterocycles. The van der Waals surface area contributed by atoms with Gasteiger partial charge in [0.05, 0.1) is 29.9 Å². The molecule has 2 atom stereocenters. The van der Waals surface area contributed by atoms with Crippen LogP contribution in [0.5, 0.6) is 0 Å². The zero-order valence-corrected chi connectivity index (χ0v) is 15.7. The summed E-state index contributed by atoms with van der Waals surface area (Å²) in [4.78, 5) is 14.6. The molecule has 0 spiro atoms. The Labute approximate surface area is 160 Å². The van der Waals surface area contributed by atoms with Crippen molar-refractivity contribution in [2.24, 2.45) is 5.41 Å². The molecule has 0 N–H and O–H groups in total. The van der Waals surface area contributed by atoms with Crippen LogP contribution in [0.4, 0.5) is 13.2 Å². The zero-order valence-electron chi connectivity index (χ0n) is 15.7. The highest BCUT2D eigenvalue weighted by Gasteiger charge is 2.69. The summed E-state index contributed by atoms with van der Waals surface area (Å²) in [6, 6.07) is 8.19. The molecular formula is C21H20F3N3O. The van der Waals surface area contributed by atoms with Gasteiger partial charge in [-0.15, -0.1) is 0 Å². The van der Waals surface area contributed by atoms with Crippen molar-refractivity contribution in [3.05, 3.63) is 47.4 Å². The van der Waals surface area contributed by atoms with E-state index < -0.39 is 29.8 Å². The average molecular weight is 387 g/mol. The number of nitrogens with zero attached hydrogens (tertiary/aromatic N) is 3. The van der Waals surface area contributed by atoms with E-state index in [1.807, 2.05) is 19.9 Å². The highest BCUT2D eigenvalue weighted by molar-refractivity contribution is 5.92. The minimum absolute atomic E-state index is 0.0641. The van der Waals surface area contributed by atoms with E-state index in [-0.39, 0.29) is 17.6 Å². The Morgan fingerprint density at radius 1 is 1.18 bits per heavy atom. The number of hydrogen-bond donors (Lipinski definition) is 0. The number of hydrogen-bond acceptors (Lipinski definition) is 3. The third-order valence-electron chi connectivity index (χ3n) is 7.03. The fourth-order valence-electron chi connectivity index (χ4n) is 5.52. The zero-order chi connectivity index (χ0) is 19.9. The molecule has 1 aromatic carbocycles. The molecule has 2 aliphatic carbocycles. The van der Waals surface area contributed by atoms with E-state index in [9.17, 15) is 18.0 Å². The van der Waals surface area contributed by atoms with Crippen LogP contribution in [0.2, 0.25) is 0 Å². The molecule has 1 amide bonds. The largest absolute Gasteiger partial charge is 0.330 e. The molecule has 2 bridgehead atoms. The van der Waals surface area contributed by atoms with Crippen molar-refractivity contribution >= 4 is 5.91 Å². The monoisotopic (exact) mass is 387 g/mol. The number of halogens is 3. The summed E-state index contributed by atoms with van der Waals surface area (Å²) in [5.41, 5.74) is 0.864. The number of alkyl halides is 2. The Balaban J connectivity index is 1.61. The highest BCUT2D eigenvalue weighted by Crippen LogP contribution is 2.68. The van der Waals surface area contributed by atoms with Gasteiger partial charge < -0.3 is 4.90 Å². The van der Waals surface area contributed by atoms with Crippen LogP contribution in [0.25, 0.3) is 11.3 Å². The first-order valence-corrected chi connectivity index (χ1v) is 9.48. The maximum absolute atomic E-state index is 14.2. The Hall–Kier alpha value is -2.44. The van der Waals surface area contributed by atoms with Gasteiger partial charge in [-0.1, -0.05) is 26.0 Å². The normalized spacial score (nSPS) is 28.8. The van der Waals surface area contributed by atoms with Crippen LogP contribution in [-0.2, 0) is 10.2 Å². The number of fused-ring (bicyclic) bond motifs is 5.